The number of amidine groups is 1. The van der Waals surface area contributed by atoms with Crippen LogP contribution in [0.3, 0.4) is 0 Å². The van der Waals surface area contributed by atoms with Crippen molar-refractivity contribution in [3.63, 3.8) is 0 Å². The van der Waals surface area contributed by atoms with E-state index in [4.69, 9.17) is 0 Å². The molecule has 1 aromatic carbocycles. The van der Waals surface area contributed by atoms with Gasteiger partial charge in [-0.2, -0.15) is 13.2 Å². The van der Waals surface area contributed by atoms with E-state index in [1.165, 1.54) is 12.1 Å². The van der Waals surface area contributed by atoms with E-state index in [-0.39, 0.29) is 5.84 Å². The van der Waals surface area contributed by atoms with Crippen LogP contribution in [-0.4, -0.2) is 29.5 Å². The molecule has 25 heavy (non-hydrogen) atoms. The van der Waals surface area contributed by atoms with Crippen LogP contribution in [-0.2, 0) is 9.59 Å². The van der Waals surface area contributed by atoms with Gasteiger partial charge < -0.3 is 10.6 Å². The molecule has 0 unspecified atom stereocenters. The molecule has 0 aromatic heterocycles. The number of carbonyl (C=O) groups excluding carboxylic acids is 2. The Labute approximate surface area is 142 Å². The second-order valence-corrected chi connectivity index (χ2v) is 6.31. The maximum Gasteiger partial charge on any atom is 0.442 e. The standard InChI is InChI=1S/C17H18F3N3O2/c18-17(19,20)16(23-14(24)12-9-5-2-6-10-12)15(25)21-13(22-16)11-7-3-1-4-8-11/h1,3-4,7-8,12H,2,5-6,9-10H2,(H,23,24)(H,21,22,25)/t16-/m0/s1. The van der Waals surface area contributed by atoms with Gasteiger partial charge in [-0.1, -0.05) is 49.6 Å². The Morgan fingerprint density at radius 3 is 2.40 bits per heavy atom. The number of amides is 2. The number of nitrogens with zero attached hydrogens (tertiary/aromatic N) is 1. The summed E-state index contributed by atoms with van der Waals surface area (Å²) in [7, 11) is 0. The number of rotatable bonds is 3. The molecule has 0 radical (unpaired) electrons. The van der Waals surface area contributed by atoms with E-state index in [1.54, 1.807) is 18.2 Å². The van der Waals surface area contributed by atoms with Gasteiger partial charge in [0.15, 0.2) is 0 Å². The Morgan fingerprint density at radius 2 is 1.80 bits per heavy atom. The van der Waals surface area contributed by atoms with Crippen molar-refractivity contribution >= 4 is 17.6 Å². The van der Waals surface area contributed by atoms with Crippen molar-refractivity contribution in [1.82, 2.24) is 10.6 Å². The first-order valence-corrected chi connectivity index (χ1v) is 8.19. The van der Waals surface area contributed by atoms with Crippen molar-refractivity contribution < 1.29 is 22.8 Å². The van der Waals surface area contributed by atoms with Crippen molar-refractivity contribution in [3.8, 4) is 0 Å². The Bertz CT molecular complexity index is 697. The zero-order valence-corrected chi connectivity index (χ0v) is 13.4. The van der Waals surface area contributed by atoms with Gasteiger partial charge in [0.1, 0.15) is 5.84 Å². The maximum atomic E-state index is 13.7. The van der Waals surface area contributed by atoms with Gasteiger partial charge in [0.25, 0.3) is 5.91 Å². The summed E-state index contributed by atoms with van der Waals surface area (Å²) in [6.07, 6.45) is -1.44. The first-order valence-electron chi connectivity index (χ1n) is 8.19. The van der Waals surface area contributed by atoms with E-state index in [9.17, 15) is 22.8 Å². The predicted molar refractivity (Wildman–Crippen MR) is 84.6 cm³/mol. The van der Waals surface area contributed by atoms with E-state index < -0.39 is 29.6 Å². The largest absolute Gasteiger partial charge is 0.442 e. The normalized spacial score (nSPS) is 24.6. The molecule has 0 saturated heterocycles. The number of alkyl halides is 3. The van der Waals surface area contributed by atoms with Crippen molar-refractivity contribution in [3.05, 3.63) is 35.9 Å². The summed E-state index contributed by atoms with van der Waals surface area (Å²) in [5, 5.41) is 4.04. The highest BCUT2D eigenvalue weighted by Gasteiger charge is 2.65. The molecule has 8 heteroatoms. The smallest absolute Gasteiger partial charge is 0.316 e. The highest BCUT2D eigenvalue weighted by molar-refractivity contribution is 6.16. The second-order valence-electron chi connectivity index (χ2n) is 6.31. The number of aliphatic imine (C=N–C) groups is 1. The minimum Gasteiger partial charge on any atom is -0.316 e. The van der Waals surface area contributed by atoms with E-state index in [0.717, 1.165) is 19.3 Å². The third-order valence-corrected chi connectivity index (χ3v) is 4.58. The lowest BCUT2D eigenvalue weighted by Gasteiger charge is -2.30. The van der Waals surface area contributed by atoms with Crippen LogP contribution in [0.15, 0.2) is 35.3 Å². The lowest BCUT2D eigenvalue weighted by atomic mass is 9.88. The lowest BCUT2D eigenvalue weighted by molar-refractivity contribution is -0.197. The van der Waals surface area contributed by atoms with Gasteiger partial charge in [-0.15, -0.1) is 0 Å². The monoisotopic (exact) mass is 353 g/mol. The molecule has 1 atom stereocenters. The zero-order valence-electron chi connectivity index (χ0n) is 13.4. The summed E-state index contributed by atoms with van der Waals surface area (Å²) in [4.78, 5) is 28.1. The topological polar surface area (TPSA) is 70.6 Å². The number of hydrogen-bond donors (Lipinski definition) is 2. The number of hydrogen-bond acceptors (Lipinski definition) is 3. The lowest BCUT2D eigenvalue weighted by Crippen LogP contribution is -2.63. The summed E-state index contributed by atoms with van der Waals surface area (Å²) in [5.41, 5.74) is -2.93. The fraction of sp³-hybridized carbons (Fsp3) is 0.471. The van der Waals surface area contributed by atoms with E-state index in [2.05, 4.69) is 10.3 Å². The number of halogens is 3. The van der Waals surface area contributed by atoms with Crippen LogP contribution < -0.4 is 10.6 Å². The summed E-state index contributed by atoms with van der Waals surface area (Å²) in [5.74, 6) is -2.88. The SMILES string of the molecule is O=C(N[C@@]1(C(F)(F)F)N=C(c2ccccc2)NC1=O)C1CCCCC1. The molecule has 5 nitrogen and oxygen atoms in total. The number of nitrogens with one attached hydrogen (secondary N) is 2. The minimum atomic E-state index is -5.04. The fourth-order valence-corrected chi connectivity index (χ4v) is 3.17. The molecule has 2 amide bonds. The third kappa shape index (κ3) is 3.25. The first kappa shape index (κ1) is 17.4. The van der Waals surface area contributed by atoms with Crippen molar-refractivity contribution in [1.29, 1.82) is 0 Å². The van der Waals surface area contributed by atoms with Gasteiger partial charge >= 0.3 is 11.8 Å². The first-order chi connectivity index (χ1) is 11.8. The summed E-state index contributed by atoms with van der Waals surface area (Å²) < 4.78 is 41.1. The summed E-state index contributed by atoms with van der Waals surface area (Å²) in [6.45, 7) is 0. The molecule has 1 aliphatic carbocycles. The Hall–Kier alpha value is -2.38. The second kappa shape index (κ2) is 6.50. The molecule has 1 fully saturated rings. The van der Waals surface area contributed by atoms with Gasteiger partial charge in [-0.05, 0) is 12.8 Å². The Balaban J connectivity index is 1.92. The molecule has 2 N–H and O–H groups in total. The molecule has 1 heterocycles. The highest BCUT2D eigenvalue weighted by Crippen LogP contribution is 2.36. The van der Waals surface area contributed by atoms with Gasteiger partial charge in [0.2, 0.25) is 5.91 Å². The molecule has 1 aliphatic heterocycles. The summed E-state index contributed by atoms with van der Waals surface area (Å²) in [6, 6.07) is 8.02. The average Bonchev–Trinajstić information content (AvgIpc) is 2.94. The fourth-order valence-electron chi connectivity index (χ4n) is 3.17. The van der Waals surface area contributed by atoms with E-state index in [1.807, 2.05) is 5.32 Å². The molecule has 134 valence electrons. The van der Waals surface area contributed by atoms with E-state index in [0.29, 0.717) is 18.4 Å². The van der Waals surface area contributed by atoms with Crippen molar-refractivity contribution in [2.45, 2.75) is 43.9 Å². The van der Waals surface area contributed by atoms with Crippen LogP contribution in [0.25, 0.3) is 0 Å². The molecule has 3 rings (SSSR count). The Kier molecular flexibility index (Phi) is 4.53. The third-order valence-electron chi connectivity index (χ3n) is 4.58. The van der Waals surface area contributed by atoms with Gasteiger partial charge in [0, 0.05) is 11.5 Å². The average molecular weight is 353 g/mol. The van der Waals surface area contributed by atoms with Crippen LogP contribution in [0.1, 0.15) is 37.7 Å². The molecule has 1 aromatic rings. The summed E-state index contributed by atoms with van der Waals surface area (Å²) >= 11 is 0. The maximum absolute atomic E-state index is 13.7. The molecule has 2 aliphatic rings. The van der Waals surface area contributed by atoms with E-state index >= 15 is 0 Å². The quantitative estimate of drug-likeness (QED) is 0.877. The minimum absolute atomic E-state index is 0.202. The highest BCUT2D eigenvalue weighted by atomic mass is 19.4. The van der Waals surface area contributed by atoms with Crippen LogP contribution in [0.2, 0.25) is 0 Å². The molecular weight excluding hydrogens is 335 g/mol. The number of carbonyl (C=O) groups is 2. The van der Waals surface area contributed by atoms with Crippen LogP contribution in [0.4, 0.5) is 13.2 Å². The van der Waals surface area contributed by atoms with Gasteiger partial charge in [-0.3, -0.25) is 9.59 Å². The van der Waals surface area contributed by atoms with Crippen molar-refractivity contribution in [2.24, 2.45) is 10.9 Å². The number of benzene rings is 1. The zero-order chi connectivity index (χ0) is 18.1. The Morgan fingerprint density at radius 1 is 1.16 bits per heavy atom. The van der Waals surface area contributed by atoms with Crippen LogP contribution >= 0.6 is 0 Å². The molecule has 0 bridgehead atoms. The van der Waals surface area contributed by atoms with Crippen molar-refractivity contribution in [2.75, 3.05) is 0 Å². The molecule has 0 spiro atoms. The molecule has 1 saturated carbocycles. The predicted octanol–water partition coefficient (Wildman–Crippen LogP) is 2.52. The van der Waals surface area contributed by atoms with Gasteiger partial charge in [-0.25, -0.2) is 4.99 Å². The van der Waals surface area contributed by atoms with Crippen LogP contribution in [0, 0.1) is 5.92 Å². The van der Waals surface area contributed by atoms with Crippen LogP contribution in [0.5, 0.6) is 0 Å². The van der Waals surface area contributed by atoms with Gasteiger partial charge in [0.05, 0.1) is 0 Å². The molecular formula is C17H18F3N3O2.